The van der Waals surface area contributed by atoms with Gasteiger partial charge < -0.3 is 30.9 Å². The highest BCUT2D eigenvalue weighted by molar-refractivity contribution is 5.91. The first-order chi connectivity index (χ1) is 21.9. The molecule has 4 amide bonds. The number of carbonyl (C=O) groups excluding carboxylic acids is 3. The molecule has 240 valence electrons. The van der Waals surface area contributed by atoms with Gasteiger partial charge in [0.05, 0.1) is 13.1 Å². The van der Waals surface area contributed by atoms with Gasteiger partial charge >= 0.3 is 6.03 Å². The number of amides is 4. The Hall–Kier alpha value is -4.15. The number of phenolic OH excluding ortho intramolecular Hbond substituents is 1. The molecule has 2 aliphatic heterocycles. The molecule has 1 unspecified atom stereocenters. The third-order valence-electron chi connectivity index (χ3n) is 8.94. The van der Waals surface area contributed by atoms with Crippen molar-refractivity contribution >= 4 is 17.8 Å². The van der Waals surface area contributed by atoms with Gasteiger partial charge in [0.1, 0.15) is 18.0 Å². The van der Waals surface area contributed by atoms with E-state index in [1.165, 1.54) is 23.3 Å². The van der Waals surface area contributed by atoms with Gasteiger partial charge in [0.2, 0.25) is 11.8 Å². The molecule has 3 aliphatic rings. The minimum atomic E-state index is -0.838. The van der Waals surface area contributed by atoms with Crippen molar-refractivity contribution in [1.29, 1.82) is 0 Å². The van der Waals surface area contributed by atoms with Crippen molar-refractivity contribution in [3.8, 4) is 5.75 Å². The summed E-state index contributed by atoms with van der Waals surface area (Å²) in [7, 11) is 0. The number of urea groups is 1. The maximum Gasteiger partial charge on any atom is 0.316 e. The Bertz CT molecular complexity index is 1340. The number of carbonyl (C=O) groups is 3. The molecule has 0 spiro atoms. The molecule has 2 aromatic rings. The van der Waals surface area contributed by atoms with Gasteiger partial charge in [0.25, 0.3) is 0 Å². The Kier molecular flexibility index (Phi) is 11.3. The van der Waals surface area contributed by atoms with E-state index in [0.717, 1.165) is 43.5 Å². The van der Waals surface area contributed by atoms with E-state index < -0.39 is 18.2 Å². The van der Waals surface area contributed by atoms with Gasteiger partial charge in [0.15, 0.2) is 0 Å². The Balaban J connectivity index is 1.42. The molecule has 10 nitrogen and oxygen atoms in total. The molecule has 5 rings (SSSR count). The summed E-state index contributed by atoms with van der Waals surface area (Å²) in [5.74, 6) is -0.299. The van der Waals surface area contributed by atoms with E-state index in [4.69, 9.17) is 0 Å². The minimum absolute atomic E-state index is 0.00260. The van der Waals surface area contributed by atoms with Gasteiger partial charge in [-0.15, -0.1) is 6.58 Å². The van der Waals surface area contributed by atoms with Crippen LogP contribution in [-0.2, 0) is 22.6 Å². The minimum Gasteiger partial charge on any atom is -0.508 e. The van der Waals surface area contributed by atoms with Crippen LogP contribution < -0.4 is 16.0 Å². The van der Waals surface area contributed by atoms with Crippen LogP contribution in [0.5, 0.6) is 5.75 Å². The van der Waals surface area contributed by atoms with E-state index >= 15 is 0 Å². The predicted molar refractivity (Wildman–Crippen MR) is 174 cm³/mol. The number of piperazine rings is 1. The van der Waals surface area contributed by atoms with Crippen LogP contribution in [0.4, 0.5) is 4.79 Å². The zero-order valence-electron chi connectivity index (χ0n) is 26.0. The molecule has 0 bridgehead atoms. The summed E-state index contributed by atoms with van der Waals surface area (Å²) >= 11 is 0. The van der Waals surface area contributed by atoms with Crippen LogP contribution in [0, 0.1) is 0 Å². The van der Waals surface area contributed by atoms with Gasteiger partial charge in [-0.1, -0.05) is 54.6 Å². The van der Waals surface area contributed by atoms with Crippen LogP contribution >= 0.6 is 0 Å². The van der Waals surface area contributed by atoms with Crippen molar-refractivity contribution < 1.29 is 19.5 Å². The molecule has 10 heteroatoms. The van der Waals surface area contributed by atoms with Crippen LogP contribution in [0.3, 0.4) is 0 Å². The van der Waals surface area contributed by atoms with Crippen LogP contribution in [0.25, 0.3) is 0 Å². The highest BCUT2D eigenvalue weighted by atomic mass is 16.3. The Morgan fingerprint density at radius 2 is 1.76 bits per heavy atom. The zero-order chi connectivity index (χ0) is 31.6. The summed E-state index contributed by atoms with van der Waals surface area (Å²) in [6, 6.07) is 15.4. The molecular weight excluding hydrogens is 568 g/mol. The van der Waals surface area contributed by atoms with Crippen LogP contribution in [-0.4, -0.2) is 95.2 Å². The summed E-state index contributed by atoms with van der Waals surface area (Å²) in [5, 5.41) is 18.9. The molecule has 2 heterocycles. The number of aromatic hydroxyl groups is 1. The van der Waals surface area contributed by atoms with Crippen molar-refractivity contribution in [3.05, 3.63) is 90.0 Å². The van der Waals surface area contributed by atoms with Crippen molar-refractivity contribution in [3.63, 3.8) is 0 Å². The lowest BCUT2D eigenvalue weighted by Crippen LogP contribution is -2.70. The molecule has 0 aromatic heterocycles. The van der Waals surface area contributed by atoms with Gasteiger partial charge in [0, 0.05) is 32.1 Å². The van der Waals surface area contributed by atoms with E-state index in [0.29, 0.717) is 25.7 Å². The molecular formula is C35H46N6O4. The molecule has 45 heavy (non-hydrogen) atoms. The Morgan fingerprint density at radius 1 is 1.00 bits per heavy atom. The largest absolute Gasteiger partial charge is 0.508 e. The van der Waals surface area contributed by atoms with E-state index in [1.54, 1.807) is 30.3 Å². The SMILES string of the molecule is C=CCNCC(=O)N1[C@@H](NC(=O)NCc2ccccc2)CN(CC2=CCCCC2N2CCCC2)C(=O)[C@@H]1Cc1ccc(O)cc1. The lowest BCUT2D eigenvalue weighted by molar-refractivity contribution is -0.156. The number of allylic oxidation sites excluding steroid dienone is 1. The van der Waals surface area contributed by atoms with Crippen molar-refractivity contribution in [2.75, 3.05) is 39.3 Å². The quantitative estimate of drug-likeness (QED) is 0.216. The lowest BCUT2D eigenvalue weighted by atomic mass is 9.91. The third kappa shape index (κ3) is 8.52. The molecule has 4 N–H and O–H groups in total. The highest BCUT2D eigenvalue weighted by Gasteiger charge is 2.44. The maximum atomic E-state index is 14.4. The van der Waals surface area contributed by atoms with Crippen LogP contribution in [0.2, 0.25) is 0 Å². The standard InChI is InChI=1S/C35H46N6O4/c1-2-18-36-23-33(43)41-31(21-26-14-16-29(42)17-15-26)34(44)40(24-28-12-6-7-13-30(28)39-19-8-9-20-39)25-32(41)38-35(45)37-22-27-10-4-3-5-11-27/h2-5,10-12,14-17,30-32,36,42H,1,6-9,13,18-25H2,(H2,37,38,45)/t30?,31-,32+/m0/s1. The van der Waals surface area contributed by atoms with Gasteiger partial charge in [-0.25, -0.2) is 4.79 Å². The molecule has 1 aliphatic carbocycles. The van der Waals surface area contributed by atoms with Gasteiger partial charge in [-0.2, -0.15) is 0 Å². The normalized spacial score (nSPS) is 22.2. The first-order valence-electron chi connectivity index (χ1n) is 16.1. The average Bonchev–Trinajstić information content (AvgIpc) is 3.59. The summed E-state index contributed by atoms with van der Waals surface area (Å²) in [5.41, 5.74) is 3.01. The Morgan fingerprint density at radius 3 is 2.49 bits per heavy atom. The van der Waals surface area contributed by atoms with E-state index in [9.17, 15) is 19.5 Å². The second-order valence-corrected chi connectivity index (χ2v) is 12.1. The fourth-order valence-corrected chi connectivity index (χ4v) is 6.71. The fraction of sp³-hybridized carbons (Fsp3) is 0.457. The van der Waals surface area contributed by atoms with Crippen molar-refractivity contribution in [1.82, 2.24) is 30.7 Å². The predicted octanol–water partition coefficient (Wildman–Crippen LogP) is 3.15. The molecule has 2 fully saturated rings. The summed E-state index contributed by atoms with van der Waals surface area (Å²) in [6.07, 6.45) is 9.06. The number of nitrogens with zero attached hydrogens (tertiary/aromatic N) is 3. The maximum absolute atomic E-state index is 14.4. The Labute approximate surface area is 266 Å². The zero-order valence-corrected chi connectivity index (χ0v) is 26.0. The van der Waals surface area contributed by atoms with Crippen molar-refractivity contribution in [2.45, 2.75) is 63.3 Å². The van der Waals surface area contributed by atoms with E-state index in [-0.39, 0.29) is 37.1 Å². The first-order valence-corrected chi connectivity index (χ1v) is 16.1. The molecule has 2 saturated heterocycles. The summed E-state index contributed by atoms with van der Waals surface area (Å²) in [6.45, 7) is 7.28. The summed E-state index contributed by atoms with van der Waals surface area (Å²) in [4.78, 5) is 47.3. The topological polar surface area (TPSA) is 117 Å². The average molecular weight is 615 g/mol. The van der Waals surface area contributed by atoms with Crippen molar-refractivity contribution in [2.24, 2.45) is 0 Å². The number of benzene rings is 2. The third-order valence-corrected chi connectivity index (χ3v) is 8.94. The molecule has 3 atom stereocenters. The number of rotatable bonds is 12. The number of phenols is 1. The molecule has 2 aromatic carbocycles. The monoisotopic (exact) mass is 614 g/mol. The number of likely N-dealkylation sites (tertiary alicyclic amines) is 1. The smallest absolute Gasteiger partial charge is 0.316 e. The number of nitrogens with one attached hydrogen (secondary N) is 3. The summed E-state index contributed by atoms with van der Waals surface area (Å²) < 4.78 is 0. The van der Waals surface area contributed by atoms with Gasteiger partial charge in [-0.3, -0.25) is 14.5 Å². The first kappa shape index (κ1) is 32.2. The van der Waals surface area contributed by atoms with E-state index in [2.05, 4.69) is 33.5 Å². The number of hydrogen-bond donors (Lipinski definition) is 4. The molecule has 0 saturated carbocycles. The molecule has 0 radical (unpaired) electrons. The van der Waals surface area contributed by atoms with Crippen LogP contribution in [0.1, 0.15) is 43.2 Å². The second kappa shape index (κ2) is 15.7. The van der Waals surface area contributed by atoms with Gasteiger partial charge in [-0.05, 0) is 74.0 Å². The van der Waals surface area contributed by atoms with E-state index in [1.807, 2.05) is 35.2 Å². The lowest BCUT2D eigenvalue weighted by Gasteiger charge is -2.47. The highest BCUT2D eigenvalue weighted by Crippen LogP contribution is 2.29. The number of hydrogen-bond acceptors (Lipinski definition) is 6. The fourth-order valence-electron chi connectivity index (χ4n) is 6.71. The second-order valence-electron chi connectivity index (χ2n) is 12.1. The van der Waals surface area contributed by atoms with Crippen LogP contribution in [0.15, 0.2) is 78.9 Å².